The molecule has 0 radical (unpaired) electrons. The van der Waals surface area contributed by atoms with E-state index in [2.05, 4.69) is 25.0 Å². The van der Waals surface area contributed by atoms with Crippen molar-refractivity contribution in [1.29, 1.82) is 0 Å². The van der Waals surface area contributed by atoms with Crippen molar-refractivity contribution < 1.29 is 5.11 Å². The normalized spacial score (nSPS) is 27.5. The third-order valence-corrected chi connectivity index (χ3v) is 4.87. The highest BCUT2D eigenvalue weighted by Gasteiger charge is 2.31. The molecular formula is C17H30N2O. The highest BCUT2D eigenvalue weighted by Crippen LogP contribution is 2.34. The third-order valence-electron chi connectivity index (χ3n) is 4.87. The highest BCUT2D eigenvalue weighted by molar-refractivity contribution is 5.13. The Labute approximate surface area is 123 Å². The van der Waals surface area contributed by atoms with E-state index in [1.807, 2.05) is 11.7 Å². The molecule has 2 atom stereocenters. The average molecular weight is 278 g/mol. The largest absolute Gasteiger partial charge is 0.389 e. The van der Waals surface area contributed by atoms with Crippen LogP contribution in [0.1, 0.15) is 70.2 Å². The zero-order valence-corrected chi connectivity index (χ0v) is 13.4. The molecule has 0 saturated heterocycles. The Morgan fingerprint density at radius 2 is 2.15 bits per heavy atom. The highest BCUT2D eigenvalue weighted by atomic mass is 16.3. The predicted molar refractivity (Wildman–Crippen MR) is 82.7 cm³/mol. The molecule has 0 spiro atoms. The predicted octanol–water partition coefficient (Wildman–Crippen LogP) is 3.64. The molecule has 0 aliphatic heterocycles. The Balaban J connectivity index is 2.01. The number of rotatable bonds is 5. The van der Waals surface area contributed by atoms with Gasteiger partial charge in [0.15, 0.2) is 0 Å². The number of aromatic nitrogens is 2. The molecule has 3 nitrogen and oxygen atoms in total. The molecule has 1 aliphatic rings. The Kier molecular flexibility index (Phi) is 5.25. The van der Waals surface area contributed by atoms with Gasteiger partial charge in [-0.05, 0) is 37.7 Å². The first-order valence-electron chi connectivity index (χ1n) is 8.30. The number of aryl methyl sites for hydroxylation is 2. The van der Waals surface area contributed by atoms with Crippen LogP contribution in [0.4, 0.5) is 0 Å². The van der Waals surface area contributed by atoms with Crippen molar-refractivity contribution in [2.75, 3.05) is 0 Å². The molecule has 0 amide bonds. The minimum atomic E-state index is -0.513. The molecule has 0 aromatic carbocycles. The lowest BCUT2D eigenvalue weighted by Crippen LogP contribution is -2.31. The Hall–Kier alpha value is -0.830. The van der Waals surface area contributed by atoms with Crippen LogP contribution in [0.15, 0.2) is 6.07 Å². The van der Waals surface area contributed by atoms with E-state index < -0.39 is 5.60 Å². The van der Waals surface area contributed by atoms with Crippen molar-refractivity contribution >= 4 is 0 Å². The fourth-order valence-electron chi connectivity index (χ4n) is 3.58. The monoisotopic (exact) mass is 278 g/mol. The molecule has 3 heteroatoms. The molecule has 1 aliphatic carbocycles. The SMILES string of the molecule is CCCC1CCCC(O)(Cc2cc(CC)nn2C)CC1. The fourth-order valence-corrected chi connectivity index (χ4v) is 3.58. The van der Waals surface area contributed by atoms with E-state index in [9.17, 15) is 5.11 Å². The lowest BCUT2D eigenvalue weighted by Gasteiger charge is -2.26. The second-order valence-corrected chi connectivity index (χ2v) is 6.59. The summed E-state index contributed by atoms with van der Waals surface area (Å²) < 4.78 is 1.95. The van der Waals surface area contributed by atoms with Crippen LogP contribution in [0.25, 0.3) is 0 Å². The molecule has 1 N–H and O–H groups in total. The Morgan fingerprint density at radius 3 is 2.80 bits per heavy atom. The average Bonchev–Trinajstić information content (AvgIpc) is 2.65. The maximum atomic E-state index is 11.0. The van der Waals surface area contributed by atoms with Crippen LogP contribution < -0.4 is 0 Å². The lowest BCUT2D eigenvalue weighted by atomic mass is 9.88. The first kappa shape index (κ1) is 15.6. The zero-order chi connectivity index (χ0) is 14.6. The van der Waals surface area contributed by atoms with E-state index in [0.717, 1.165) is 37.3 Å². The van der Waals surface area contributed by atoms with E-state index >= 15 is 0 Å². The minimum Gasteiger partial charge on any atom is -0.389 e. The van der Waals surface area contributed by atoms with Crippen LogP contribution in [0.2, 0.25) is 0 Å². The van der Waals surface area contributed by atoms with Gasteiger partial charge in [0.05, 0.1) is 11.3 Å². The van der Waals surface area contributed by atoms with Gasteiger partial charge in [-0.1, -0.05) is 39.5 Å². The molecule has 1 fully saturated rings. The fraction of sp³-hybridized carbons (Fsp3) is 0.824. The van der Waals surface area contributed by atoms with Gasteiger partial charge in [0, 0.05) is 19.2 Å². The van der Waals surface area contributed by atoms with Crippen molar-refractivity contribution in [1.82, 2.24) is 9.78 Å². The molecule has 2 unspecified atom stereocenters. The van der Waals surface area contributed by atoms with E-state index in [1.54, 1.807) is 0 Å². The summed E-state index contributed by atoms with van der Waals surface area (Å²) >= 11 is 0. The number of aliphatic hydroxyl groups is 1. The minimum absolute atomic E-state index is 0.513. The van der Waals surface area contributed by atoms with Crippen molar-refractivity contribution in [3.63, 3.8) is 0 Å². The van der Waals surface area contributed by atoms with Gasteiger partial charge in [-0.25, -0.2) is 0 Å². The second-order valence-electron chi connectivity index (χ2n) is 6.59. The van der Waals surface area contributed by atoms with E-state index in [4.69, 9.17) is 0 Å². The third kappa shape index (κ3) is 3.85. The van der Waals surface area contributed by atoms with Crippen LogP contribution >= 0.6 is 0 Å². The standard InChI is InChI=1S/C17H30N2O/c1-4-7-14-8-6-10-17(20,11-9-14)13-16-12-15(5-2)18-19(16)3/h12,14,20H,4-11,13H2,1-3H3. The maximum absolute atomic E-state index is 11.0. The molecular weight excluding hydrogens is 248 g/mol. The van der Waals surface area contributed by atoms with Gasteiger partial charge in [0.1, 0.15) is 0 Å². The first-order valence-corrected chi connectivity index (χ1v) is 8.30. The molecule has 0 bridgehead atoms. The first-order chi connectivity index (χ1) is 9.56. The molecule has 1 aromatic rings. The Morgan fingerprint density at radius 1 is 1.35 bits per heavy atom. The topological polar surface area (TPSA) is 38.1 Å². The summed E-state index contributed by atoms with van der Waals surface area (Å²) in [6.45, 7) is 4.39. The second kappa shape index (κ2) is 6.75. The van der Waals surface area contributed by atoms with Crippen molar-refractivity contribution in [2.45, 2.75) is 77.2 Å². The molecule has 1 saturated carbocycles. The van der Waals surface area contributed by atoms with Crippen molar-refractivity contribution in [3.8, 4) is 0 Å². The summed E-state index contributed by atoms with van der Waals surface area (Å²) in [6, 6.07) is 2.16. The summed E-state index contributed by atoms with van der Waals surface area (Å²) in [5.74, 6) is 0.826. The van der Waals surface area contributed by atoms with E-state index in [1.165, 1.54) is 37.8 Å². The van der Waals surface area contributed by atoms with Crippen LogP contribution in [0.5, 0.6) is 0 Å². The van der Waals surface area contributed by atoms with Gasteiger partial charge in [-0.2, -0.15) is 5.10 Å². The maximum Gasteiger partial charge on any atom is 0.0703 e. The summed E-state index contributed by atoms with van der Waals surface area (Å²) in [6.07, 6.45) is 9.85. The van der Waals surface area contributed by atoms with Gasteiger partial charge in [-0.15, -0.1) is 0 Å². The summed E-state index contributed by atoms with van der Waals surface area (Å²) in [5.41, 5.74) is 1.79. The van der Waals surface area contributed by atoms with Gasteiger partial charge >= 0.3 is 0 Å². The zero-order valence-electron chi connectivity index (χ0n) is 13.4. The number of nitrogens with zero attached hydrogens (tertiary/aromatic N) is 2. The number of hydrogen-bond acceptors (Lipinski definition) is 2. The van der Waals surface area contributed by atoms with Crippen molar-refractivity contribution in [2.24, 2.45) is 13.0 Å². The molecule has 20 heavy (non-hydrogen) atoms. The summed E-state index contributed by atoms with van der Waals surface area (Å²) in [5, 5.41) is 15.5. The molecule has 2 rings (SSSR count). The summed E-state index contributed by atoms with van der Waals surface area (Å²) in [7, 11) is 1.99. The van der Waals surface area contributed by atoms with Gasteiger partial charge in [0.25, 0.3) is 0 Å². The summed E-state index contributed by atoms with van der Waals surface area (Å²) in [4.78, 5) is 0. The van der Waals surface area contributed by atoms with Gasteiger partial charge < -0.3 is 5.11 Å². The van der Waals surface area contributed by atoms with Gasteiger partial charge in [-0.3, -0.25) is 4.68 Å². The molecule has 1 heterocycles. The molecule has 114 valence electrons. The quantitative estimate of drug-likeness (QED) is 0.835. The van der Waals surface area contributed by atoms with Crippen LogP contribution in [0.3, 0.4) is 0 Å². The van der Waals surface area contributed by atoms with Crippen LogP contribution in [-0.2, 0) is 19.9 Å². The van der Waals surface area contributed by atoms with Crippen LogP contribution in [0, 0.1) is 5.92 Å². The van der Waals surface area contributed by atoms with E-state index in [-0.39, 0.29) is 0 Å². The van der Waals surface area contributed by atoms with Crippen LogP contribution in [-0.4, -0.2) is 20.5 Å². The van der Waals surface area contributed by atoms with Crippen molar-refractivity contribution in [3.05, 3.63) is 17.5 Å². The number of hydrogen-bond donors (Lipinski definition) is 1. The Bertz CT molecular complexity index is 427. The molecule has 1 aromatic heterocycles. The van der Waals surface area contributed by atoms with E-state index in [0.29, 0.717) is 0 Å². The van der Waals surface area contributed by atoms with Gasteiger partial charge in [0.2, 0.25) is 0 Å². The smallest absolute Gasteiger partial charge is 0.0703 e. The lowest BCUT2D eigenvalue weighted by molar-refractivity contribution is 0.0224.